The maximum Gasteiger partial charge on any atom is 0.120 e. The van der Waals surface area contributed by atoms with E-state index in [0.717, 1.165) is 26.9 Å². The summed E-state index contributed by atoms with van der Waals surface area (Å²) in [6, 6.07) is 11.6. The predicted octanol–water partition coefficient (Wildman–Crippen LogP) is 5.75. The molecule has 2 rings (SSSR count). The van der Waals surface area contributed by atoms with Gasteiger partial charge in [0, 0.05) is 9.50 Å². The normalized spacial score (nSPS) is 12.3. The number of alkyl halides is 1. The van der Waals surface area contributed by atoms with Gasteiger partial charge in [-0.1, -0.05) is 51.3 Å². The Labute approximate surface area is 131 Å². The summed E-state index contributed by atoms with van der Waals surface area (Å²) in [5, 5.41) is 0.306. The Kier molecular flexibility index (Phi) is 4.77. The van der Waals surface area contributed by atoms with E-state index in [2.05, 4.69) is 22.0 Å². The van der Waals surface area contributed by atoms with Crippen molar-refractivity contribution in [3.63, 3.8) is 0 Å². The molecule has 1 atom stereocenters. The molecule has 1 nitrogen and oxygen atoms in total. The Hall–Kier alpha value is -0.700. The molecule has 0 aliphatic heterocycles. The van der Waals surface area contributed by atoms with Gasteiger partial charge in [-0.15, -0.1) is 11.6 Å². The van der Waals surface area contributed by atoms with Crippen LogP contribution < -0.4 is 4.74 Å². The van der Waals surface area contributed by atoms with E-state index in [1.165, 1.54) is 0 Å². The number of methoxy groups -OCH3 is 1. The molecule has 4 heteroatoms. The second-order valence-corrected chi connectivity index (χ2v) is 5.97. The SMILES string of the molecule is COc1ccc(C(Cl)c2cc(C)ccc2Br)c(Cl)c1. The van der Waals surface area contributed by atoms with Crippen LogP contribution in [0, 0.1) is 6.92 Å². The van der Waals surface area contributed by atoms with Gasteiger partial charge in [-0.05, 0) is 36.2 Å². The molecule has 0 heterocycles. The van der Waals surface area contributed by atoms with E-state index >= 15 is 0 Å². The van der Waals surface area contributed by atoms with Gasteiger partial charge < -0.3 is 4.74 Å². The summed E-state index contributed by atoms with van der Waals surface area (Å²) < 4.78 is 6.12. The molecule has 1 unspecified atom stereocenters. The van der Waals surface area contributed by atoms with Gasteiger partial charge in [-0.3, -0.25) is 0 Å². The van der Waals surface area contributed by atoms with Gasteiger partial charge >= 0.3 is 0 Å². The van der Waals surface area contributed by atoms with Gasteiger partial charge in [-0.2, -0.15) is 0 Å². The standard InChI is InChI=1S/C15H13BrCl2O/c1-9-3-6-13(16)12(7-9)15(18)11-5-4-10(19-2)8-14(11)17/h3-8,15H,1-2H3. The molecular formula is C15H13BrCl2O. The first kappa shape index (κ1) is 14.7. The Balaban J connectivity index is 2.43. The van der Waals surface area contributed by atoms with Crippen LogP contribution in [0.1, 0.15) is 22.1 Å². The van der Waals surface area contributed by atoms with Crippen molar-refractivity contribution in [1.82, 2.24) is 0 Å². The summed E-state index contributed by atoms with van der Waals surface area (Å²) in [6.45, 7) is 2.04. The van der Waals surface area contributed by atoms with Gasteiger partial charge in [0.1, 0.15) is 5.75 Å². The van der Waals surface area contributed by atoms with Gasteiger partial charge in [0.15, 0.2) is 0 Å². The monoisotopic (exact) mass is 358 g/mol. The van der Waals surface area contributed by atoms with Crippen molar-refractivity contribution >= 4 is 39.1 Å². The van der Waals surface area contributed by atoms with Crippen LogP contribution in [0.5, 0.6) is 5.75 Å². The highest BCUT2D eigenvalue weighted by Gasteiger charge is 2.17. The lowest BCUT2D eigenvalue weighted by molar-refractivity contribution is 0.414. The van der Waals surface area contributed by atoms with Crippen molar-refractivity contribution in [3.05, 3.63) is 62.6 Å². The summed E-state index contributed by atoms with van der Waals surface area (Å²) >= 11 is 16.3. The quantitative estimate of drug-likeness (QED) is 0.634. The van der Waals surface area contributed by atoms with E-state index in [-0.39, 0.29) is 5.38 Å². The van der Waals surface area contributed by atoms with E-state index in [9.17, 15) is 0 Å². The van der Waals surface area contributed by atoms with E-state index < -0.39 is 0 Å². The Morgan fingerprint density at radius 2 is 1.84 bits per heavy atom. The zero-order chi connectivity index (χ0) is 14.0. The first-order chi connectivity index (χ1) is 9.02. The van der Waals surface area contributed by atoms with E-state index in [4.69, 9.17) is 27.9 Å². The molecule has 100 valence electrons. The fourth-order valence-electron chi connectivity index (χ4n) is 1.87. The smallest absolute Gasteiger partial charge is 0.120 e. The van der Waals surface area contributed by atoms with E-state index in [1.54, 1.807) is 13.2 Å². The first-order valence-electron chi connectivity index (χ1n) is 5.76. The van der Waals surface area contributed by atoms with Crippen LogP contribution in [-0.4, -0.2) is 7.11 Å². The van der Waals surface area contributed by atoms with Crippen LogP contribution >= 0.6 is 39.1 Å². The van der Waals surface area contributed by atoms with Gasteiger partial charge in [0.05, 0.1) is 12.5 Å². The molecule has 0 aliphatic rings. The summed E-state index contributed by atoms with van der Waals surface area (Å²) in [6.07, 6.45) is 0. The second-order valence-electron chi connectivity index (χ2n) is 4.27. The molecule has 0 spiro atoms. The summed E-state index contributed by atoms with van der Waals surface area (Å²) in [4.78, 5) is 0. The number of hydrogen-bond donors (Lipinski definition) is 0. The number of halogens is 3. The molecule has 0 aliphatic carbocycles. The second kappa shape index (κ2) is 6.17. The maximum atomic E-state index is 6.55. The molecule has 0 amide bonds. The molecule has 0 saturated heterocycles. The minimum atomic E-state index is -0.298. The average Bonchev–Trinajstić information content (AvgIpc) is 2.40. The highest BCUT2D eigenvalue weighted by atomic mass is 79.9. The van der Waals surface area contributed by atoms with E-state index in [1.807, 2.05) is 31.2 Å². The minimum Gasteiger partial charge on any atom is -0.497 e. The van der Waals surface area contributed by atoms with Gasteiger partial charge in [0.2, 0.25) is 0 Å². The fourth-order valence-corrected chi connectivity index (χ4v) is 3.18. The van der Waals surface area contributed by atoms with Crippen molar-refractivity contribution in [2.24, 2.45) is 0 Å². The zero-order valence-electron chi connectivity index (χ0n) is 10.6. The number of benzene rings is 2. The fraction of sp³-hybridized carbons (Fsp3) is 0.200. The van der Waals surface area contributed by atoms with Crippen LogP contribution in [0.2, 0.25) is 5.02 Å². The Morgan fingerprint density at radius 1 is 1.11 bits per heavy atom. The number of ether oxygens (including phenoxy) is 1. The lowest BCUT2D eigenvalue weighted by Crippen LogP contribution is -1.97. The minimum absolute atomic E-state index is 0.298. The van der Waals surface area contributed by atoms with Gasteiger partial charge in [-0.25, -0.2) is 0 Å². The molecule has 0 bridgehead atoms. The Bertz CT molecular complexity index is 599. The average molecular weight is 360 g/mol. The number of aryl methyl sites for hydroxylation is 1. The number of hydrogen-bond acceptors (Lipinski definition) is 1. The van der Waals surface area contributed by atoms with Gasteiger partial charge in [0.25, 0.3) is 0 Å². The highest BCUT2D eigenvalue weighted by Crippen LogP contribution is 2.38. The molecule has 19 heavy (non-hydrogen) atoms. The van der Waals surface area contributed by atoms with Crippen LogP contribution in [0.15, 0.2) is 40.9 Å². The maximum absolute atomic E-state index is 6.55. The largest absolute Gasteiger partial charge is 0.497 e. The summed E-state index contributed by atoms with van der Waals surface area (Å²) in [5.41, 5.74) is 3.04. The van der Waals surface area contributed by atoms with Crippen LogP contribution in [0.4, 0.5) is 0 Å². The predicted molar refractivity (Wildman–Crippen MR) is 84.6 cm³/mol. The molecule has 0 aromatic heterocycles. The third kappa shape index (κ3) is 3.25. The van der Waals surface area contributed by atoms with Crippen LogP contribution in [0.25, 0.3) is 0 Å². The highest BCUT2D eigenvalue weighted by molar-refractivity contribution is 9.10. The summed E-state index contributed by atoms with van der Waals surface area (Å²) in [5.74, 6) is 0.723. The van der Waals surface area contributed by atoms with E-state index in [0.29, 0.717) is 5.02 Å². The topological polar surface area (TPSA) is 9.23 Å². The molecule has 2 aromatic carbocycles. The van der Waals surface area contributed by atoms with Crippen molar-refractivity contribution < 1.29 is 4.74 Å². The van der Waals surface area contributed by atoms with Crippen molar-refractivity contribution in [2.45, 2.75) is 12.3 Å². The number of rotatable bonds is 3. The zero-order valence-corrected chi connectivity index (χ0v) is 13.7. The third-order valence-electron chi connectivity index (χ3n) is 2.91. The molecule has 2 aromatic rings. The molecule has 0 N–H and O–H groups in total. The third-order valence-corrected chi connectivity index (χ3v) is 4.42. The first-order valence-corrected chi connectivity index (χ1v) is 7.37. The molecule has 0 saturated carbocycles. The molecular weight excluding hydrogens is 347 g/mol. The van der Waals surface area contributed by atoms with Crippen LogP contribution in [-0.2, 0) is 0 Å². The lowest BCUT2D eigenvalue weighted by atomic mass is 10.0. The lowest BCUT2D eigenvalue weighted by Gasteiger charge is -2.15. The Morgan fingerprint density at radius 3 is 2.47 bits per heavy atom. The summed E-state index contributed by atoms with van der Waals surface area (Å²) in [7, 11) is 1.61. The molecule has 0 radical (unpaired) electrons. The van der Waals surface area contributed by atoms with Crippen LogP contribution in [0.3, 0.4) is 0 Å². The van der Waals surface area contributed by atoms with Crippen molar-refractivity contribution in [2.75, 3.05) is 7.11 Å². The molecule has 0 fully saturated rings. The van der Waals surface area contributed by atoms with Crippen molar-refractivity contribution in [1.29, 1.82) is 0 Å². The van der Waals surface area contributed by atoms with Crippen molar-refractivity contribution in [3.8, 4) is 5.75 Å².